The first-order valence-electron chi connectivity index (χ1n) is 6.29. The first-order valence-corrected chi connectivity index (χ1v) is 6.29. The van der Waals surface area contributed by atoms with Crippen LogP contribution < -0.4 is 5.32 Å². The SMILES string of the molecule is CCNC(=NCCO)N1CCC(C)(CC)C1.I. The molecule has 1 atom stereocenters. The molecule has 1 aliphatic rings. The van der Waals surface area contributed by atoms with Crippen LogP contribution in [0.4, 0.5) is 0 Å². The van der Waals surface area contributed by atoms with Crippen LogP contribution in [0.15, 0.2) is 4.99 Å². The van der Waals surface area contributed by atoms with Crippen LogP contribution in [0, 0.1) is 5.41 Å². The van der Waals surface area contributed by atoms with Crippen molar-refractivity contribution in [3.05, 3.63) is 0 Å². The second kappa shape index (κ2) is 8.13. The topological polar surface area (TPSA) is 47.9 Å². The van der Waals surface area contributed by atoms with E-state index in [0.717, 1.165) is 25.6 Å². The number of nitrogens with zero attached hydrogens (tertiary/aromatic N) is 2. The van der Waals surface area contributed by atoms with Gasteiger partial charge in [0.2, 0.25) is 0 Å². The van der Waals surface area contributed by atoms with Gasteiger partial charge in [-0.1, -0.05) is 13.8 Å². The van der Waals surface area contributed by atoms with Gasteiger partial charge in [-0.05, 0) is 25.2 Å². The molecule has 4 nitrogen and oxygen atoms in total. The second-order valence-corrected chi connectivity index (χ2v) is 4.80. The predicted octanol–water partition coefficient (Wildman–Crippen LogP) is 1.68. The molecule has 1 unspecified atom stereocenters. The van der Waals surface area contributed by atoms with Gasteiger partial charge in [-0.25, -0.2) is 0 Å². The van der Waals surface area contributed by atoms with Crippen molar-refractivity contribution in [2.75, 3.05) is 32.8 Å². The molecule has 5 heteroatoms. The highest BCUT2D eigenvalue weighted by molar-refractivity contribution is 14.0. The lowest BCUT2D eigenvalue weighted by atomic mass is 9.87. The number of aliphatic imine (C=N–C) groups is 1. The molecule has 1 fully saturated rings. The Kier molecular flexibility index (Phi) is 8.11. The molecule has 0 aromatic heterocycles. The minimum atomic E-state index is 0. The molecule has 17 heavy (non-hydrogen) atoms. The number of aliphatic hydroxyl groups is 1. The lowest BCUT2D eigenvalue weighted by Crippen LogP contribution is -2.41. The number of guanidine groups is 1. The van der Waals surface area contributed by atoms with Crippen molar-refractivity contribution in [2.45, 2.75) is 33.6 Å². The Balaban J connectivity index is 0.00000256. The van der Waals surface area contributed by atoms with E-state index in [1.165, 1.54) is 12.8 Å². The molecule has 2 N–H and O–H groups in total. The van der Waals surface area contributed by atoms with Crippen LogP contribution in [-0.2, 0) is 0 Å². The fourth-order valence-corrected chi connectivity index (χ4v) is 2.07. The Bertz CT molecular complexity index is 248. The monoisotopic (exact) mass is 355 g/mol. The first kappa shape index (κ1) is 17.0. The molecule has 102 valence electrons. The molecular weight excluding hydrogens is 329 g/mol. The summed E-state index contributed by atoms with van der Waals surface area (Å²) in [6.07, 6.45) is 2.44. The molecule has 0 radical (unpaired) electrons. The van der Waals surface area contributed by atoms with E-state index >= 15 is 0 Å². The molecule has 0 saturated carbocycles. The molecule has 0 aromatic rings. The van der Waals surface area contributed by atoms with Gasteiger partial charge in [-0.15, -0.1) is 24.0 Å². The van der Waals surface area contributed by atoms with E-state index < -0.39 is 0 Å². The van der Waals surface area contributed by atoms with Gasteiger partial charge < -0.3 is 15.3 Å². The van der Waals surface area contributed by atoms with Crippen LogP contribution in [-0.4, -0.2) is 48.8 Å². The third kappa shape index (κ3) is 4.99. The maximum atomic E-state index is 8.82. The largest absolute Gasteiger partial charge is 0.394 e. The summed E-state index contributed by atoms with van der Waals surface area (Å²) in [5.41, 5.74) is 0.426. The molecule has 0 aromatic carbocycles. The normalized spacial score (nSPS) is 24.7. The third-order valence-corrected chi connectivity index (χ3v) is 3.41. The van der Waals surface area contributed by atoms with Gasteiger partial charge in [0.15, 0.2) is 5.96 Å². The maximum absolute atomic E-state index is 8.82. The van der Waals surface area contributed by atoms with Crippen molar-refractivity contribution in [3.8, 4) is 0 Å². The zero-order valence-corrected chi connectivity index (χ0v) is 13.5. The average Bonchev–Trinajstić information content (AvgIpc) is 2.68. The van der Waals surface area contributed by atoms with E-state index in [0.29, 0.717) is 12.0 Å². The van der Waals surface area contributed by atoms with Gasteiger partial charge in [-0.2, -0.15) is 0 Å². The maximum Gasteiger partial charge on any atom is 0.194 e. The molecule has 1 rings (SSSR count). The van der Waals surface area contributed by atoms with Crippen molar-refractivity contribution < 1.29 is 5.11 Å². The zero-order chi connectivity index (χ0) is 12.0. The zero-order valence-electron chi connectivity index (χ0n) is 11.2. The number of halogens is 1. The number of rotatable bonds is 4. The molecule has 0 aliphatic carbocycles. The highest BCUT2D eigenvalue weighted by atomic mass is 127. The third-order valence-electron chi connectivity index (χ3n) is 3.41. The fraction of sp³-hybridized carbons (Fsp3) is 0.917. The van der Waals surface area contributed by atoms with Crippen LogP contribution in [0.1, 0.15) is 33.6 Å². The Morgan fingerprint density at radius 2 is 2.18 bits per heavy atom. The van der Waals surface area contributed by atoms with Crippen LogP contribution >= 0.6 is 24.0 Å². The number of nitrogens with one attached hydrogen (secondary N) is 1. The molecule has 0 bridgehead atoms. The number of aliphatic hydroxyl groups excluding tert-OH is 1. The van der Waals surface area contributed by atoms with Gasteiger partial charge in [0.25, 0.3) is 0 Å². The highest BCUT2D eigenvalue weighted by Gasteiger charge is 2.33. The van der Waals surface area contributed by atoms with Crippen LogP contribution in [0.3, 0.4) is 0 Å². The Labute approximate surface area is 122 Å². The molecule has 0 spiro atoms. The van der Waals surface area contributed by atoms with E-state index in [4.69, 9.17) is 5.11 Å². The minimum absolute atomic E-state index is 0. The quantitative estimate of drug-likeness (QED) is 0.458. The Hall–Kier alpha value is -0.0400. The van der Waals surface area contributed by atoms with Crippen molar-refractivity contribution in [2.24, 2.45) is 10.4 Å². The van der Waals surface area contributed by atoms with Gasteiger partial charge in [-0.3, -0.25) is 4.99 Å². The van der Waals surface area contributed by atoms with E-state index in [1.807, 2.05) is 0 Å². The summed E-state index contributed by atoms with van der Waals surface area (Å²) < 4.78 is 0. The van der Waals surface area contributed by atoms with Gasteiger partial charge in [0.05, 0.1) is 13.2 Å². The van der Waals surface area contributed by atoms with E-state index in [9.17, 15) is 0 Å². The molecular formula is C12H26IN3O. The molecule has 1 saturated heterocycles. The van der Waals surface area contributed by atoms with E-state index in [1.54, 1.807) is 0 Å². The summed E-state index contributed by atoms with van der Waals surface area (Å²) in [6.45, 7) is 10.3. The lowest BCUT2D eigenvalue weighted by molar-refractivity contribution is 0.303. The number of hydrogen-bond donors (Lipinski definition) is 2. The Morgan fingerprint density at radius 1 is 1.47 bits per heavy atom. The molecule has 1 heterocycles. The fourth-order valence-electron chi connectivity index (χ4n) is 2.07. The van der Waals surface area contributed by atoms with Crippen LogP contribution in [0.25, 0.3) is 0 Å². The van der Waals surface area contributed by atoms with Gasteiger partial charge >= 0.3 is 0 Å². The standard InChI is InChI=1S/C12H25N3O.HI/c1-4-12(3)6-8-15(10-12)11(13-5-2)14-7-9-16;/h16H,4-10H2,1-3H3,(H,13,14);1H. The number of likely N-dealkylation sites (tertiary alicyclic amines) is 1. The molecule has 0 amide bonds. The summed E-state index contributed by atoms with van der Waals surface area (Å²) in [5.74, 6) is 0.953. The Morgan fingerprint density at radius 3 is 2.65 bits per heavy atom. The van der Waals surface area contributed by atoms with Crippen LogP contribution in [0.2, 0.25) is 0 Å². The van der Waals surface area contributed by atoms with Crippen molar-refractivity contribution in [1.29, 1.82) is 0 Å². The lowest BCUT2D eigenvalue weighted by Gasteiger charge is -2.25. The smallest absolute Gasteiger partial charge is 0.194 e. The van der Waals surface area contributed by atoms with Gasteiger partial charge in [0.1, 0.15) is 0 Å². The van der Waals surface area contributed by atoms with Crippen molar-refractivity contribution >= 4 is 29.9 Å². The van der Waals surface area contributed by atoms with E-state index in [-0.39, 0.29) is 30.6 Å². The molecule has 1 aliphatic heterocycles. The summed E-state index contributed by atoms with van der Waals surface area (Å²) >= 11 is 0. The van der Waals surface area contributed by atoms with Crippen LogP contribution in [0.5, 0.6) is 0 Å². The second-order valence-electron chi connectivity index (χ2n) is 4.80. The minimum Gasteiger partial charge on any atom is -0.394 e. The predicted molar refractivity (Wildman–Crippen MR) is 83.1 cm³/mol. The number of hydrogen-bond acceptors (Lipinski definition) is 2. The van der Waals surface area contributed by atoms with Gasteiger partial charge in [0, 0.05) is 19.6 Å². The summed E-state index contributed by atoms with van der Waals surface area (Å²) in [4.78, 5) is 6.70. The summed E-state index contributed by atoms with van der Waals surface area (Å²) in [5, 5.41) is 12.1. The first-order chi connectivity index (χ1) is 7.65. The summed E-state index contributed by atoms with van der Waals surface area (Å²) in [7, 11) is 0. The van der Waals surface area contributed by atoms with Crippen molar-refractivity contribution in [3.63, 3.8) is 0 Å². The average molecular weight is 355 g/mol. The van der Waals surface area contributed by atoms with E-state index in [2.05, 4.69) is 36.0 Å². The van der Waals surface area contributed by atoms with Crippen molar-refractivity contribution in [1.82, 2.24) is 10.2 Å². The highest BCUT2D eigenvalue weighted by Crippen LogP contribution is 2.32. The summed E-state index contributed by atoms with van der Waals surface area (Å²) in [6, 6.07) is 0.